The van der Waals surface area contributed by atoms with Crippen molar-refractivity contribution in [3.8, 4) is 11.5 Å². The molecule has 1 saturated heterocycles. The van der Waals surface area contributed by atoms with E-state index in [0.29, 0.717) is 48.5 Å². The van der Waals surface area contributed by atoms with Crippen LogP contribution in [0.25, 0.3) is 0 Å². The van der Waals surface area contributed by atoms with Crippen LogP contribution in [0, 0.1) is 0 Å². The summed E-state index contributed by atoms with van der Waals surface area (Å²) in [6, 6.07) is 9.42. The second-order valence-electron chi connectivity index (χ2n) is 6.72. The number of hydrogen-bond acceptors (Lipinski definition) is 7. The van der Waals surface area contributed by atoms with Crippen molar-refractivity contribution in [2.75, 3.05) is 57.3 Å². The zero-order valence-electron chi connectivity index (χ0n) is 17.5. The van der Waals surface area contributed by atoms with Crippen molar-refractivity contribution in [3.63, 3.8) is 0 Å². The molecule has 0 bridgehead atoms. The molecule has 3 rings (SSSR count). The van der Waals surface area contributed by atoms with E-state index in [4.69, 9.17) is 30.5 Å². The van der Waals surface area contributed by atoms with Crippen LogP contribution < -0.4 is 19.7 Å². The highest BCUT2D eigenvalue weighted by atomic mass is 35.5. The number of hydrogen-bond donors (Lipinski definition) is 1. The molecular formula is C22H27ClN2O5. The second kappa shape index (κ2) is 10.4. The topological polar surface area (TPSA) is 69.3 Å². The summed E-state index contributed by atoms with van der Waals surface area (Å²) in [5.41, 5.74) is 3.10. The van der Waals surface area contributed by atoms with E-state index in [1.54, 1.807) is 7.11 Å². The lowest BCUT2D eigenvalue weighted by Crippen LogP contribution is -2.37. The van der Waals surface area contributed by atoms with Gasteiger partial charge in [-0.05, 0) is 42.8 Å². The Morgan fingerprint density at radius 3 is 2.63 bits per heavy atom. The van der Waals surface area contributed by atoms with E-state index in [-0.39, 0.29) is 5.97 Å². The number of rotatable bonds is 8. The van der Waals surface area contributed by atoms with Crippen LogP contribution in [0.2, 0.25) is 5.02 Å². The third-order valence-electron chi connectivity index (χ3n) is 4.82. The molecule has 1 aliphatic rings. The van der Waals surface area contributed by atoms with Gasteiger partial charge < -0.3 is 29.2 Å². The van der Waals surface area contributed by atoms with Gasteiger partial charge in [0.05, 0.1) is 50.3 Å². The van der Waals surface area contributed by atoms with Gasteiger partial charge in [0.2, 0.25) is 0 Å². The predicted molar refractivity (Wildman–Crippen MR) is 117 cm³/mol. The largest absolute Gasteiger partial charge is 0.491 e. The predicted octanol–water partition coefficient (Wildman–Crippen LogP) is 3.98. The fourth-order valence-corrected chi connectivity index (χ4v) is 3.70. The first-order valence-corrected chi connectivity index (χ1v) is 10.2. The number of benzene rings is 2. The van der Waals surface area contributed by atoms with Crippen molar-refractivity contribution in [1.82, 2.24) is 0 Å². The number of esters is 1. The molecule has 30 heavy (non-hydrogen) atoms. The Balaban J connectivity index is 1.81. The number of nitrogens with one attached hydrogen (secondary N) is 1. The molecule has 1 heterocycles. The van der Waals surface area contributed by atoms with Crippen LogP contribution in [0.5, 0.6) is 11.5 Å². The van der Waals surface area contributed by atoms with E-state index >= 15 is 0 Å². The van der Waals surface area contributed by atoms with E-state index in [1.807, 2.05) is 37.3 Å². The van der Waals surface area contributed by atoms with Gasteiger partial charge in [0.15, 0.2) is 11.5 Å². The Hall–Kier alpha value is -2.64. The Morgan fingerprint density at radius 1 is 1.20 bits per heavy atom. The van der Waals surface area contributed by atoms with E-state index in [0.717, 1.165) is 30.0 Å². The fraction of sp³-hybridized carbons (Fsp3) is 0.409. The molecule has 2 aromatic carbocycles. The number of morpholine rings is 1. The van der Waals surface area contributed by atoms with Crippen molar-refractivity contribution >= 4 is 28.9 Å². The Labute approximate surface area is 181 Å². The number of anilines is 2. The molecule has 8 heteroatoms. The molecule has 1 aliphatic heterocycles. The molecule has 0 unspecified atom stereocenters. The quantitative estimate of drug-likeness (QED) is 0.630. The number of ether oxygens (including phenoxy) is 4. The maximum atomic E-state index is 12.4. The first-order chi connectivity index (χ1) is 14.6. The van der Waals surface area contributed by atoms with Gasteiger partial charge in [-0.25, -0.2) is 4.79 Å². The van der Waals surface area contributed by atoms with Crippen LogP contribution in [0.4, 0.5) is 11.4 Å². The summed E-state index contributed by atoms with van der Waals surface area (Å²) in [5.74, 6) is 0.749. The third-order valence-corrected chi connectivity index (χ3v) is 5.10. The van der Waals surface area contributed by atoms with Crippen molar-refractivity contribution < 1.29 is 23.7 Å². The minimum absolute atomic E-state index is 0.369. The van der Waals surface area contributed by atoms with Gasteiger partial charge in [0.1, 0.15) is 0 Å². The van der Waals surface area contributed by atoms with Gasteiger partial charge in [0.25, 0.3) is 0 Å². The average Bonchev–Trinajstić information content (AvgIpc) is 2.77. The molecule has 0 atom stereocenters. The fourth-order valence-electron chi connectivity index (χ4n) is 3.39. The normalized spacial score (nSPS) is 13.7. The van der Waals surface area contributed by atoms with Gasteiger partial charge in [-0.2, -0.15) is 0 Å². The standard InChI is InChI=1S/C22H27ClN2O5/c1-4-30-20-12-15(11-18(23)21(20)27-2)14-24-16-5-6-19(17(13-16)22(26)28-3)25-7-9-29-10-8-25/h5-6,11-13,24H,4,7-10,14H2,1-3H3. The van der Waals surface area contributed by atoms with Gasteiger partial charge in [-0.3, -0.25) is 0 Å². The van der Waals surface area contributed by atoms with Gasteiger partial charge in [0, 0.05) is 25.3 Å². The lowest BCUT2D eigenvalue weighted by molar-refractivity contribution is 0.0600. The highest BCUT2D eigenvalue weighted by molar-refractivity contribution is 6.32. The smallest absolute Gasteiger partial charge is 0.340 e. The Morgan fingerprint density at radius 2 is 1.97 bits per heavy atom. The summed E-state index contributed by atoms with van der Waals surface area (Å²) in [6.07, 6.45) is 0. The van der Waals surface area contributed by atoms with Crippen LogP contribution >= 0.6 is 11.6 Å². The first-order valence-electron chi connectivity index (χ1n) is 9.85. The second-order valence-corrected chi connectivity index (χ2v) is 7.13. The summed E-state index contributed by atoms with van der Waals surface area (Å²) in [7, 11) is 2.95. The molecular weight excluding hydrogens is 408 g/mol. The molecule has 0 aromatic heterocycles. The van der Waals surface area contributed by atoms with Crippen LogP contribution in [-0.2, 0) is 16.0 Å². The van der Waals surface area contributed by atoms with Crippen LogP contribution in [0.1, 0.15) is 22.8 Å². The molecule has 2 aromatic rings. The van der Waals surface area contributed by atoms with E-state index in [9.17, 15) is 4.79 Å². The van der Waals surface area contributed by atoms with E-state index in [2.05, 4.69) is 10.2 Å². The van der Waals surface area contributed by atoms with Crippen LogP contribution in [0.15, 0.2) is 30.3 Å². The molecule has 7 nitrogen and oxygen atoms in total. The molecule has 0 aliphatic carbocycles. The highest BCUT2D eigenvalue weighted by Crippen LogP contribution is 2.36. The van der Waals surface area contributed by atoms with E-state index < -0.39 is 0 Å². The van der Waals surface area contributed by atoms with Crippen molar-refractivity contribution in [1.29, 1.82) is 0 Å². The number of carbonyl (C=O) groups is 1. The lowest BCUT2D eigenvalue weighted by Gasteiger charge is -2.30. The molecule has 0 saturated carbocycles. The maximum absolute atomic E-state index is 12.4. The summed E-state index contributed by atoms with van der Waals surface area (Å²) in [5, 5.41) is 3.82. The third kappa shape index (κ3) is 5.09. The average molecular weight is 435 g/mol. The summed E-state index contributed by atoms with van der Waals surface area (Å²) in [4.78, 5) is 14.5. The summed E-state index contributed by atoms with van der Waals surface area (Å²) in [6.45, 7) is 5.67. The van der Waals surface area contributed by atoms with Crippen molar-refractivity contribution in [2.24, 2.45) is 0 Å². The SMILES string of the molecule is CCOc1cc(CNc2ccc(N3CCOCC3)c(C(=O)OC)c2)cc(Cl)c1OC. The number of carbonyl (C=O) groups excluding carboxylic acids is 1. The molecule has 0 spiro atoms. The Kier molecular flexibility index (Phi) is 7.65. The van der Waals surface area contributed by atoms with Crippen molar-refractivity contribution in [3.05, 3.63) is 46.5 Å². The molecule has 1 N–H and O–H groups in total. The molecule has 1 fully saturated rings. The van der Waals surface area contributed by atoms with Crippen molar-refractivity contribution in [2.45, 2.75) is 13.5 Å². The highest BCUT2D eigenvalue weighted by Gasteiger charge is 2.20. The monoisotopic (exact) mass is 434 g/mol. The summed E-state index contributed by atoms with van der Waals surface area (Å²) < 4.78 is 21.4. The van der Waals surface area contributed by atoms with E-state index in [1.165, 1.54) is 7.11 Å². The summed E-state index contributed by atoms with van der Waals surface area (Å²) >= 11 is 6.33. The number of methoxy groups -OCH3 is 2. The number of halogens is 1. The minimum Gasteiger partial charge on any atom is -0.491 e. The van der Waals surface area contributed by atoms with Crippen LogP contribution in [0.3, 0.4) is 0 Å². The zero-order chi connectivity index (χ0) is 21.5. The molecule has 0 radical (unpaired) electrons. The number of nitrogens with zero attached hydrogens (tertiary/aromatic N) is 1. The molecule has 0 amide bonds. The Bertz CT molecular complexity index is 884. The van der Waals surface area contributed by atoms with Gasteiger partial charge >= 0.3 is 5.97 Å². The maximum Gasteiger partial charge on any atom is 0.340 e. The molecule has 162 valence electrons. The lowest BCUT2D eigenvalue weighted by atomic mass is 10.1. The minimum atomic E-state index is -0.369. The van der Waals surface area contributed by atoms with Gasteiger partial charge in [-0.15, -0.1) is 0 Å². The van der Waals surface area contributed by atoms with Crippen LogP contribution in [-0.4, -0.2) is 53.1 Å². The first kappa shape index (κ1) is 22.1. The van der Waals surface area contributed by atoms with Gasteiger partial charge in [-0.1, -0.05) is 11.6 Å². The zero-order valence-corrected chi connectivity index (χ0v) is 18.3.